The van der Waals surface area contributed by atoms with Crippen LogP contribution in [0.25, 0.3) is 0 Å². The summed E-state index contributed by atoms with van der Waals surface area (Å²) in [6, 6.07) is 0. The molecule has 0 spiro atoms. The van der Waals surface area contributed by atoms with Crippen LogP contribution < -0.4 is 0 Å². The van der Waals surface area contributed by atoms with Gasteiger partial charge in [0.2, 0.25) is 0 Å². The van der Waals surface area contributed by atoms with Gasteiger partial charge in [0, 0.05) is 6.42 Å². The van der Waals surface area contributed by atoms with Crippen LogP contribution in [-0.2, 0) is 19.7 Å². The monoisotopic (exact) mass is 556 g/mol. The maximum Gasteiger partial charge on any atom is 0.460 e. The number of hydrogen-bond acceptors (Lipinski definition) is 4. The van der Waals surface area contributed by atoms with Crippen LogP contribution in [0.2, 0.25) is 0 Å². The summed E-state index contributed by atoms with van der Waals surface area (Å²) in [5, 5.41) is 15.5. The van der Waals surface area contributed by atoms with E-state index in [9.17, 15) is 72.3 Å². The van der Waals surface area contributed by atoms with Crippen molar-refractivity contribution in [1.82, 2.24) is 0 Å². The molecule has 0 aliphatic carbocycles. The van der Waals surface area contributed by atoms with Crippen LogP contribution in [0.4, 0.5) is 39.5 Å². The summed E-state index contributed by atoms with van der Waals surface area (Å²) >= 11 is 0. The summed E-state index contributed by atoms with van der Waals surface area (Å²) in [6.07, 6.45) is -12.2. The van der Waals surface area contributed by atoms with Gasteiger partial charge in [-0.3, -0.25) is 14.1 Å². The molecule has 0 radical (unpaired) electrons. The van der Waals surface area contributed by atoms with Crippen molar-refractivity contribution < 1.29 is 72.3 Å². The minimum absolute atomic E-state index is 0.00839. The molecule has 0 rings (SSSR count). The summed E-state index contributed by atoms with van der Waals surface area (Å²) in [5.74, 6) is -26.7. The third-order valence-corrected chi connectivity index (χ3v) is 6.99. The van der Waals surface area contributed by atoms with Crippen molar-refractivity contribution in [2.24, 2.45) is 11.3 Å². The fourth-order valence-electron chi connectivity index (χ4n) is 3.70. The van der Waals surface area contributed by atoms with E-state index in [2.05, 4.69) is 0 Å². The molecule has 0 bridgehead atoms. The van der Waals surface area contributed by atoms with Gasteiger partial charge in [-0.05, 0) is 18.8 Å². The molecule has 0 aromatic carbocycles. The summed E-state index contributed by atoms with van der Waals surface area (Å²) < 4.78 is 152. The molecular weight excluding hydrogens is 531 g/mol. The van der Waals surface area contributed by atoms with Gasteiger partial charge >= 0.3 is 35.9 Å². The third-order valence-electron chi connectivity index (χ3n) is 5.74. The molecule has 0 fully saturated rings. The highest BCUT2D eigenvalue weighted by molar-refractivity contribution is 7.87. The third kappa shape index (κ3) is 6.92. The van der Waals surface area contributed by atoms with Crippen LogP contribution in [0.3, 0.4) is 0 Å². The fraction of sp³-hybridized carbons (Fsp3) is 0.889. The Morgan fingerprint density at radius 1 is 0.857 bits per heavy atom. The van der Waals surface area contributed by atoms with Gasteiger partial charge < -0.3 is 10.2 Å². The number of carboxylic acids is 2. The van der Waals surface area contributed by atoms with E-state index in [0.29, 0.717) is 12.8 Å². The summed E-state index contributed by atoms with van der Waals surface area (Å²) in [4.78, 5) is 23.6. The van der Waals surface area contributed by atoms with Gasteiger partial charge in [0.1, 0.15) is 0 Å². The SMILES string of the molecule is CCCCC(CC)CC(CCC(F)(F)C(F)(F)C(F)(F)C(F)(F)F)(C(=O)O)C(C(=O)O)S(=O)(=O)O. The molecule has 0 saturated carbocycles. The second-order valence-corrected chi connectivity index (χ2v) is 9.67. The smallest absolute Gasteiger partial charge is 0.460 e. The lowest BCUT2D eigenvalue weighted by atomic mass is 9.70. The molecule has 0 aliphatic heterocycles. The molecule has 3 atom stereocenters. The Kier molecular flexibility index (Phi) is 10.5. The second kappa shape index (κ2) is 11.1. The van der Waals surface area contributed by atoms with E-state index in [4.69, 9.17) is 0 Å². The van der Waals surface area contributed by atoms with Gasteiger partial charge in [-0.1, -0.05) is 39.5 Å². The largest absolute Gasteiger partial charge is 0.481 e. The average molecular weight is 556 g/mol. The van der Waals surface area contributed by atoms with Crippen LogP contribution in [0.1, 0.15) is 58.8 Å². The van der Waals surface area contributed by atoms with Crippen molar-refractivity contribution in [3.8, 4) is 0 Å². The number of alkyl halides is 9. The Labute approximate surface area is 194 Å². The first-order valence-corrected chi connectivity index (χ1v) is 11.6. The zero-order valence-electron chi connectivity index (χ0n) is 18.4. The van der Waals surface area contributed by atoms with Crippen LogP contribution in [0.5, 0.6) is 0 Å². The van der Waals surface area contributed by atoms with E-state index in [-0.39, 0.29) is 12.8 Å². The first-order valence-electron chi connectivity index (χ1n) is 10.1. The van der Waals surface area contributed by atoms with Gasteiger partial charge in [-0.2, -0.15) is 47.9 Å². The van der Waals surface area contributed by atoms with E-state index >= 15 is 0 Å². The summed E-state index contributed by atoms with van der Waals surface area (Å²) in [5.41, 5.74) is -3.49. The Morgan fingerprint density at radius 3 is 1.66 bits per heavy atom. The van der Waals surface area contributed by atoms with Gasteiger partial charge in [-0.25, -0.2) is 0 Å². The maximum absolute atomic E-state index is 14.1. The van der Waals surface area contributed by atoms with Gasteiger partial charge in [-0.15, -0.1) is 0 Å². The molecule has 3 unspecified atom stereocenters. The fourth-order valence-corrected chi connectivity index (χ4v) is 4.84. The number of rotatable bonds is 15. The number of carboxylic acid groups (broad SMARTS) is 2. The zero-order valence-corrected chi connectivity index (χ0v) is 19.2. The average Bonchev–Trinajstić information content (AvgIpc) is 2.66. The highest BCUT2D eigenvalue weighted by Crippen LogP contribution is 2.55. The molecule has 208 valence electrons. The number of hydrogen-bond donors (Lipinski definition) is 3. The van der Waals surface area contributed by atoms with E-state index in [1.165, 1.54) is 6.92 Å². The van der Waals surface area contributed by atoms with Crippen molar-refractivity contribution in [3.05, 3.63) is 0 Å². The van der Waals surface area contributed by atoms with E-state index < -0.39 is 81.8 Å². The Balaban J connectivity index is 6.76. The molecule has 0 aromatic heterocycles. The van der Waals surface area contributed by atoms with Crippen molar-refractivity contribution in [2.75, 3.05) is 0 Å². The van der Waals surface area contributed by atoms with E-state index in [1.54, 1.807) is 6.92 Å². The van der Waals surface area contributed by atoms with E-state index in [1.807, 2.05) is 0 Å². The summed E-state index contributed by atoms with van der Waals surface area (Å²) in [6.45, 7) is 3.07. The van der Waals surface area contributed by atoms with Gasteiger partial charge in [0.25, 0.3) is 10.1 Å². The van der Waals surface area contributed by atoms with Crippen LogP contribution in [0, 0.1) is 11.3 Å². The Morgan fingerprint density at radius 2 is 1.34 bits per heavy atom. The van der Waals surface area contributed by atoms with E-state index in [0.717, 1.165) is 0 Å². The normalized spacial score (nSPS) is 17.5. The maximum atomic E-state index is 14.1. The molecule has 0 saturated heterocycles. The van der Waals surface area contributed by atoms with Gasteiger partial charge in [0.05, 0.1) is 5.41 Å². The topological polar surface area (TPSA) is 129 Å². The highest BCUT2D eigenvalue weighted by atomic mass is 32.2. The minimum atomic E-state index is -7.28. The second-order valence-electron chi connectivity index (χ2n) is 8.17. The molecule has 3 N–H and O–H groups in total. The first-order chi connectivity index (χ1) is 15.5. The number of unbranched alkanes of at least 4 members (excludes halogenated alkanes) is 1. The molecule has 0 heterocycles. The number of aliphatic carboxylic acids is 2. The van der Waals surface area contributed by atoms with Crippen LogP contribution in [0.15, 0.2) is 0 Å². The van der Waals surface area contributed by atoms with Crippen molar-refractivity contribution in [2.45, 2.75) is 88.0 Å². The Bertz CT molecular complexity index is 859. The van der Waals surface area contributed by atoms with Crippen molar-refractivity contribution >= 4 is 22.1 Å². The molecular formula is C18H25F9O7S. The molecule has 17 heteroatoms. The predicted molar refractivity (Wildman–Crippen MR) is 101 cm³/mol. The standard InChI is InChI=1S/C18H25F9O7S/c1-3-5-6-10(4-2)9-14(13(30)31,11(12(28)29)35(32,33)34)7-8-15(19,20)16(21,22)17(23,24)18(25,26)27/h10-11H,3-9H2,1-2H3,(H,28,29)(H,30,31)(H,32,33,34). The lowest BCUT2D eigenvalue weighted by Crippen LogP contribution is -2.61. The van der Waals surface area contributed by atoms with Crippen LogP contribution in [-0.4, -0.2) is 64.3 Å². The molecule has 0 aliphatic rings. The summed E-state index contributed by atoms with van der Waals surface area (Å²) in [7, 11) is -5.94. The lowest BCUT2D eigenvalue weighted by Gasteiger charge is -2.38. The molecule has 35 heavy (non-hydrogen) atoms. The number of halogens is 9. The molecule has 7 nitrogen and oxygen atoms in total. The van der Waals surface area contributed by atoms with Crippen LogP contribution >= 0.6 is 0 Å². The molecule has 0 amide bonds. The van der Waals surface area contributed by atoms with Crippen molar-refractivity contribution in [3.63, 3.8) is 0 Å². The van der Waals surface area contributed by atoms with Gasteiger partial charge in [0.15, 0.2) is 5.25 Å². The quantitative estimate of drug-likeness (QED) is 0.186. The minimum Gasteiger partial charge on any atom is -0.481 e. The first kappa shape index (κ1) is 33.2. The predicted octanol–water partition coefficient (Wildman–Crippen LogP) is 5.25. The van der Waals surface area contributed by atoms with Crippen molar-refractivity contribution in [1.29, 1.82) is 0 Å². The lowest BCUT2D eigenvalue weighted by molar-refractivity contribution is -0.397. The Hall–Kier alpha value is -1.78. The number of carbonyl (C=O) groups is 2. The zero-order chi connectivity index (χ0) is 28.3. The highest BCUT2D eigenvalue weighted by Gasteiger charge is 2.81. The molecule has 0 aromatic rings.